The van der Waals surface area contributed by atoms with Crippen LogP contribution in [0.2, 0.25) is 0 Å². The molecule has 0 aliphatic carbocycles. The molecule has 0 bridgehead atoms. The number of aryl methyl sites for hydroxylation is 1. The molecule has 3 heterocycles. The highest BCUT2D eigenvalue weighted by Gasteiger charge is 2.36. The summed E-state index contributed by atoms with van der Waals surface area (Å²) in [6.45, 7) is 4.07. The Morgan fingerprint density at radius 2 is 1.66 bits per heavy atom. The second-order valence-corrected chi connectivity index (χ2v) is 9.44. The van der Waals surface area contributed by atoms with E-state index < -0.39 is 5.91 Å². The van der Waals surface area contributed by atoms with Crippen molar-refractivity contribution < 1.29 is 4.79 Å². The topological polar surface area (TPSA) is 73.8 Å². The highest BCUT2D eigenvalue weighted by molar-refractivity contribution is 8.27. The molecule has 4 aromatic rings. The van der Waals surface area contributed by atoms with E-state index >= 15 is 0 Å². The van der Waals surface area contributed by atoms with Crippen molar-refractivity contribution in [1.82, 2.24) is 9.58 Å². The molecule has 6 nitrogen and oxygen atoms in total. The van der Waals surface area contributed by atoms with Crippen LogP contribution in [0.1, 0.15) is 22.5 Å². The minimum absolute atomic E-state index is 0.0361. The highest BCUT2D eigenvalue weighted by Crippen LogP contribution is 2.32. The summed E-state index contributed by atoms with van der Waals surface area (Å²) < 4.78 is 2.17. The fraction of sp³-hybridized carbons (Fsp3) is 0.0714. The van der Waals surface area contributed by atoms with Gasteiger partial charge in [-0.1, -0.05) is 60.7 Å². The van der Waals surface area contributed by atoms with Crippen LogP contribution in [0.15, 0.2) is 94.5 Å². The Bertz CT molecular complexity index is 1630. The maximum absolute atomic E-state index is 12.9. The molecule has 3 aromatic carbocycles. The van der Waals surface area contributed by atoms with Gasteiger partial charge in [0.25, 0.3) is 5.91 Å². The Morgan fingerprint density at radius 1 is 0.914 bits per heavy atom. The van der Waals surface area contributed by atoms with Crippen LogP contribution in [0.25, 0.3) is 22.5 Å². The first-order valence-electron chi connectivity index (χ1n) is 11.2. The zero-order valence-electron chi connectivity index (χ0n) is 19.2. The van der Waals surface area contributed by atoms with Crippen LogP contribution in [0.5, 0.6) is 0 Å². The van der Waals surface area contributed by atoms with E-state index in [0.29, 0.717) is 5.17 Å². The Morgan fingerprint density at radius 3 is 2.46 bits per heavy atom. The third-order valence-electron chi connectivity index (χ3n) is 6.24. The van der Waals surface area contributed by atoms with Gasteiger partial charge < -0.3 is 4.57 Å². The van der Waals surface area contributed by atoms with Crippen molar-refractivity contribution in [2.24, 2.45) is 10.1 Å². The highest BCUT2D eigenvalue weighted by atomic mass is 32.2. The molecular formula is C28H21N5OS. The van der Waals surface area contributed by atoms with Crippen LogP contribution in [-0.4, -0.2) is 31.5 Å². The second kappa shape index (κ2) is 8.21. The van der Waals surface area contributed by atoms with Gasteiger partial charge in [-0.3, -0.25) is 10.2 Å². The van der Waals surface area contributed by atoms with Crippen molar-refractivity contribution in [2.45, 2.75) is 13.8 Å². The molecule has 0 saturated carbocycles. The van der Waals surface area contributed by atoms with Crippen molar-refractivity contribution in [1.29, 1.82) is 5.41 Å². The molecular weight excluding hydrogens is 454 g/mol. The van der Waals surface area contributed by atoms with Gasteiger partial charge in [0.05, 0.1) is 5.57 Å². The summed E-state index contributed by atoms with van der Waals surface area (Å²) in [5.74, 6) is -0.386. The number of fused-ring (bicyclic) bond motifs is 2. The number of amides is 1. The van der Waals surface area contributed by atoms with Gasteiger partial charge in [-0.2, -0.15) is 15.1 Å². The van der Waals surface area contributed by atoms with Crippen LogP contribution < -0.4 is 0 Å². The van der Waals surface area contributed by atoms with E-state index in [1.54, 1.807) is 6.08 Å². The van der Waals surface area contributed by atoms with Crippen molar-refractivity contribution >= 4 is 50.6 Å². The Hall–Kier alpha value is -4.23. The molecule has 7 heteroatoms. The van der Waals surface area contributed by atoms with E-state index in [4.69, 9.17) is 5.41 Å². The summed E-state index contributed by atoms with van der Waals surface area (Å²) >= 11 is 1.30. The molecule has 1 N–H and O–H groups in total. The van der Waals surface area contributed by atoms with Crippen molar-refractivity contribution in [3.63, 3.8) is 0 Å². The number of carbonyl (C=O) groups is 1. The van der Waals surface area contributed by atoms with Crippen LogP contribution in [0.4, 0.5) is 0 Å². The van der Waals surface area contributed by atoms with Gasteiger partial charge in [0.1, 0.15) is 5.04 Å². The molecule has 2 aliphatic heterocycles. The van der Waals surface area contributed by atoms with Crippen LogP contribution in [0.3, 0.4) is 0 Å². The predicted octanol–water partition coefficient (Wildman–Crippen LogP) is 5.91. The van der Waals surface area contributed by atoms with Gasteiger partial charge in [0, 0.05) is 22.6 Å². The Balaban J connectivity index is 1.37. The number of nitrogens with zero attached hydrogens (tertiary/aromatic N) is 4. The van der Waals surface area contributed by atoms with Gasteiger partial charge in [-0.05, 0) is 66.2 Å². The summed E-state index contributed by atoms with van der Waals surface area (Å²) in [4.78, 5) is 17.2. The van der Waals surface area contributed by atoms with Gasteiger partial charge in [0.2, 0.25) is 5.17 Å². The summed E-state index contributed by atoms with van der Waals surface area (Å²) in [5.41, 5.74) is 5.13. The van der Waals surface area contributed by atoms with Crippen molar-refractivity contribution in [3.05, 3.63) is 107 Å². The van der Waals surface area contributed by atoms with Crippen molar-refractivity contribution in [2.75, 3.05) is 0 Å². The smallest absolute Gasteiger partial charge is 0.283 e. The zero-order valence-corrected chi connectivity index (χ0v) is 20.0. The number of hydrogen-bond donors (Lipinski definition) is 1. The number of rotatable bonds is 3. The van der Waals surface area contributed by atoms with Gasteiger partial charge in [-0.25, -0.2) is 0 Å². The molecule has 0 saturated heterocycles. The van der Waals surface area contributed by atoms with E-state index in [-0.39, 0.29) is 11.4 Å². The summed E-state index contributed by atoms with van der Waals surface area (Å²) in [7, 11) is 0. The van der Waals surface area contributed by atoms with E-state index in [0.717, 1.165) is 33.2 Å². The molecule has 1 aromatic heterocycles. The average Bonchev–Trinajstić information content (AvgIpc) is 3.42. The van der Waals surface area contributed by atoms with E-state index in [9.17, 15) is 4.79 Å². The molecule has 0 radical (unpaired) electrons. The van der Waals surface area contributed by atoms with Crippen LogP contribution >= 0.6 is 11.8 Å². The van der Waals surface area contributed by atoms with Gasteiger partial charge >= 0.3 is 0 Å². The van der Waals surface area contributed by atoms with Gasteiger partial charge in [-0.15, -0.1) is 0 Å². The quantitative estimate of drug-likeness (QED) is 0.374. The first kappa shape index (κ1) is 21.3. The lowest BCUT2D eigenvalue weighted by molar-refractivity contribution is -0.114. The molecule has 0 unspecified atom stereocenters. The molecule has 6 rings (SSSR count). The lowest BCUT2D eigenvalue weighted by Gasteiger charge is -2.20. The number of aliphatic imine (C=N–C) groups is 1. The van der Waals surface area contributed by atoms with Crippen molar-refractivity contribution in [3.8, 4) is 5.69 Å². The average molecular weight is 476 g/mol. The fourth-order valence-electron chi connectivity index (χ4n) is 4.49. The molecule has 1 amide bonds. The largest absolute Gasteiger partial charge is 0.318 e. The number of aromatic nitrogens is 1. The maximum Gasteiger partial charge on any atom is 0.283 e. The number of carbonyl (C=O) groups excluding carboxylic acids is 1. The number of hydrogen-bond acceptors (Lipinski definition) is 4. The molecule has 0 fully saturated rings. The monoisotopic (exact) mass is 475 g/mol. The molecule has 170 valence electrons. The van der Waals surface area contributed by atoms with E-state index in [1.165, 1.54) is 27.5 Å². The Labute approximate surface area is 206 Å². The third kappa shape index (κ3) is 3.61. The van der Waals surface area contributed by atoms with E-state index in [2.05, 4.69) is 45.0 Å². The predicted molar refractivity (Wildman–Crippen MR) is 143 cm³/mol. The number of amidine groups is 2. The molecule has 0 atom stereocenters. The standard InChI is InChI=1S/C28H21N5OS/c1-17-14-22(18(2)32(17)23-13-12-19-8-6-7-11-21(19)15-23)16-24-25(29)33-28(30-26(24)34)35-27(31-33)20-9-4-3-5-10-20/h3-16,29H,1-2H3/b24-16-,29-25?. The summed E-state index contributed by atoms with van der Waals surface area (Å²) in [6.07, 6.45) is 1.76. The first-order valence-corrected chi connectivity index (χ1v) is 12.0. The fourth-order valence-corrected chi connectivity index (χ4v) is 5.39. The zero-order chi connectivity index (χ0) is 24.1. The second-order valence-electron chi connectivity index (χ2n) is 8.48. The minimum Gasteiger partial charge on any atom is -0.318 e. The number of nitrogens with one attached hydrogen (secondary N) is 1. The number of hydrazone groups is 1. The van der Waals surface area contributed by atoms with E-state index in [1.807, 2.05) is 62.4 Å². The third-order valence-corrected chi connectivity index (χ3v) is 7.19. The molecule has 0 spiro atoms. The minimum atomic E-state index is -0.422. The SMILES string of the molecule is Cc1cc(/C=C2/C(=N)N3N=C(c4ccccc4)SC3=NC2=O)c(C)n1-c1ccc2ccccc2c1. The maximum atomic E-state index is 12.9. The first-order chi connectivity index (χ1) is 17.0. The summed E-state index contributed by atoms with van der Waals surface area (Å²) in [5, 5.41) is 18.2. The van der Waals surface area contributed by atoms with Crippen LogP contribution in [0, 0.1) is 19.3 Å². The molecule has 2 aliphatic rings. The lowest BCUT2D eigenvalue weighted by atomic mass is 10.1. The number of benzene rings is 3. The normalized spacial score (nSPS) is 16.6. The lowest BCUT2D eigenvalue weighted by Crippen LogP contribution is -2.35. The molecule has 35 heavy (non-hydrogen) atoms. The van der Waals surface area contributed by atoms with Crippen LogP contribution in [-0.2, 0) is 4.79 Å². The Kier molecular flexibility index (Phi) is 5.00. The summed E-state index contributed by atoms with van der Waals surface area (Å²) in [6, 6.07) is 26.4. The van der Waals surface area contributed by atoms with Gasteiger partial charge in [0.15, 0.2) is 5.84 Å². The number of thioether (sulfide) groups is 1.